The van der Waals surface area contributed by atoms with Crippen LogP contribution in [0, 0.1) is 12.8 Å². The molecule has 1 atom stereocenters. The Morgan fingerprint density at radius 2 is 1.88 bits per heavy atom. The second-order valence-corrected chi connectivity index (χ2v) is 11.0. The molecule has 0 aliphatic carbocycles. The van der Waals surface area contributed by atoms with Crippen LogP contribution in [-0.4, -0.2) is 46.5 Å². The van der Waals surface area contributed by atoms with E-state index in [0.29, 0.717) is 17.8 Å². The normalized spacial score (nSPS) is 13.1. The number of carboxylic acid groups (broad SMARTS) is 1. The summed E-state index contributed by atoms with van der Waals surface area (Å²) in [4.78, 5) is 18.3. The van der Waals surface area contributed by atoms with Gasteiger partial charge in [-0.1, -0.05) is 32.3 Å². The Morgan fingerprint density at radius 1 is 1.19 bits per heavy atom. The van der Waals surface area contributed by atoms with E-state index in [1.54, 1.807) is 37.3 Å². The van der Waals surface area contributed by atoms with Crippen LogP contribution in [0.2, 0.25) is 0 Å². The number of aromatic nitrogens is 2. The Labute approximate surface area is 191 Å². The summed E-state index contributed by atoms with van der Waals surface area (Å²) >= 11 is 1.55. The highest BCUT2D eigenvalue weighted by atomic mass is 32.2. The van der Waals surface area contributed by atoms with Gasteiger partial charge in [-0.3, -0.25) is 4.79 Å². The highest BCUT2D eigenvalue weighted by molar-refractivity contribution is 7.89. The number of sulfonamides is 1. The number of nitrogens with zero attached hydrogens (tertiary/aromatic N) is 3. The highest BCUT2D eigenvalue weighted by Crippen LogP contribution is 2.29. The Hall–Kier alpha value is -2.56. The number of hydrogen-bond donors (Lipinski definition) is 1. The average Bonchev–Trinajstić information content (AvgIpc) is 3.39. The molecule has 0 saturated heterocycles. The van der Waals surface area contributed by atoms with Gasteiger partial charge >= 0.3 is 5.97 Å². The number of unbranched alkanes of at least 4 members (excludes halogenated alkanes) is 1. The molecule has 0 radical (unpaired) electrons. The average molecular weight is 478 g/mol. The van der Waals surface area contributed by atoms with Crippen LogP contribution in [0.15, 0.2) is 45.8 Å². The molecule has 0 spiro atoms. The molecule has 1 aromatic carbocycles. The van der Waals surface area contributed by atoms with Crippen molar-refractivity contribution in [3.63, 3.8) is 0 Å². The number of aliphatic carboxylic acids is 1. The molecule has 8 nitrogen and oxygen atoms in total. The van der Waals surface area contributed by atoms with Crippen molar-refractivity contribution in [2.45, 2.75) is 51.5 Å². The topological polar surface area (TPSA) is 114 Å². The number of benzene rings is 1. The number of hydrogen-bond acceptors (Lipinski definition) is 7. The fourth-order valence-electron chi connectivity index (χ4n) is 3.36. The highest BCUT2D eigenvalue weighted by Gasteiger charge is 2.37. The molecule has 2 aromatic heterocycles. The van der Waals surface area contributed by atoms with Crippen molar-refractivity contribution in [2.75, 3.05) is 6.54 Å². The fraction of sp³-hybridized carbons (Fsp3) is 0.409. The predicted molar refractivity (Wildman–Crippen MR) is 123 cm³/mol. The molecule has 0 aliphatic heterocycles. The van der Waals surface area contributed by atoms with E-state index in [4.69, 9.17) is 4.52 Å². The van der Waals surface area contributed by atoms with Crippen molar-refractivity contribution in [2.24, 2.45) is 5.92 Å². The van der Waals surface area contributed by atoms with Crippen LogP contribution in [0.5, 0.6) is 0 Å². The maximum Gasteiger partial charge on any atom is 0.322 e. The first-order valence-electron chi connectivity index (χ1n) is 10.4. The maximum atomic E-state index is 13.3. The predicted octanol–water partition coefficient (Wildman–Crippen LogP) is 4.67. The lowest BCUT2D eigenvalue weighted by atomic mass is 10.0. The van der Waals surface area contributed by atoms with E-state index < -0.39 is 22.0 Å². The van der Waals surface area contributed by atoms with Crippen LogP contribution >= 0.6 is 11.3 Å². The zero-order chi connectivity index (χ0) is 23.5. The molecule has 0 bridgehead atoms. The molecule has 10 heteroatoms. The third kappa shape index (κ3) is 5.08. The van der Waals surface area contributed by atoms with Crippen molar-refractivity contribution in [3.8, 4) is 22.2 Å². The van der Waals surface area contributed by atoms with Gasteiger partial charge in [0.25, 0.3) is 5.89 Å². The van der Waals surface area contributed by atoms with Crippen molar-refractivity contribution < 1.29 is 22.8 Å². The second kappa shape index (κ2) is 9.93. The number of carbonyl (C=O) groups is 1. The quantitative estimate of drug-likeness (QED) is 0.451. The van der Waals surface area contributed by atoms with Crippen molar-refractivity contribution in [1.82, 2.24) is 14.4 Å². The summed E-state index contributed by atoms with van der Waals surface area (Å²) in [6, 6.07) is 8.83. The van der Waals surface area contributed by atoms with Gasteiger partial charge in [0.15, 0.2) is 0 Å². The van der Waals surface area contributed by atoms with Gasteiger partial charge in [0.05, 0.1) is 9.77 Å². The monoisotopic (exact) mass is 477 g/mol. The van der Waals surface area contributed by atoms with Gasteiger partial charge in [-0.15, -0.1) is 11.3 Å². The molecule has 1 N–H and O–H groups in total. The molecular weight excluding hydrogens is 450 g/mol. The molecule has 0 unspecified atom stereocenters. The zero-order valence-electron chi connectivity index (χ0n) is 18.5. The summed E-state index contributed by atoms with van der Waals surface area (Å²) in [7, 11) is -4.01. The van der Waals surface area contributed by atoms with Gasteiger partial charge in [0, 0.05) is 17.0 Å². The van der Waals surface area contributed by atoms with Gasteiger partial charge in [-0.25, -0.2) is 8.42 Å². The second-order valence-electron chi connectivity index (χ2n) is 7.85. The Balaban J connectivity index is 1.90. The number of carboxylic acids is 1. The fourth-order valence-corrected chi connectivity index (χ4v) is 5.91. The third-order valence-corrected chi connectivity index (χ3v) is 7.91. The summed E-state index contributed by atoms with van der Waals surface area (Å²) < 4.78 is 33.1. The number of rotatable bonds is 10. The molecule has 32 heavy (non-hydrogen) atoms. The molecule has 2 heterocycles. The van der Waals surface area contributed by atoms with Crippen LogP contribution in [0.25, 0.3) is 22.2 Å². The number of thiophene rings is 1. The summed E-state index contributed by atoms with van der Waals surface area (Å²) in [5, 5.41) is 13.7. The van der Waals surface area contributed by atoms with E-state index in [1.165, 1.54) is 12.1 Å². The van der Waals surface area contributed by atoms with E-state index in [0.717, 1.165) is 20.5 Å². The summed E-state index contributed by atoms with van der Waals surface area (Å²) in [5.74, 6) is -0.778. The van der Waals surface area contributed by atoms with Gasteiger partial charge < -0.3 is 9.63 Å². The van der Waals surface area contributed by atoms with E-state index in [9.17, 15) is 18.3 Å². The lowest BCUT2D eigenvalue weighted by Gasteiger charge is -2.30. The van der Waals surface area contributed by atoms with E-state index >= 15 is 0 Å². The van der Waals surface area contributed by atoms with Gasteiger partial charge in [-0.05, 0) is 55.7 Å². The first-order chi connectivity index (χ1) is 15.1. The minimum atomic E-state index is -4.01. The molecule has 3 aromatic rings. The maximum absolute atomic E-state index is 13.3. The van der Waals surface area contributed by atoms with Gasteiger partial charge in [0.1, 0.15) is 6.04 Å². The van der Waals surface area contributed by atoms with Crippen LogP contribution in [0.1, 0.15) is 38.5 Å². The van der Waals surface area contributed by atoms with Crippen LogP contribution in [0.4, 0.5) is 0 Å². The minimum Gasteiger partial charge on any atom is -0.480 e. The molecule has 0 fully saturated rings. The standard InChI is InChI=1S/C22H27N3O5S2/c1-5-6-13-25(19(14(2)3)22(26)27)32(28,29)17-10-8-16(9-11-17)21-23-20(24-30-21)18-12-7-15(4)31-18/h7-12,14,19H,5-6,13H2,1-4H3,(H,26,27)/t19-/m1/s1. The minimum absolute atomic E-state index is 0.0258. The lowest BCUT2D eigenvalue weighted by molar-refractivity contribution is -0.143. The van der Waals surface area contributed by atoms with E-state index in [2.05, 4.69) is 10.1 Å². The Morgan fingerprint density at radius 3 is 2.41 bits per heavy atom. The summed E-state index contributed by atoms with van der Waals surface area (Å²) in [6.07, 6.45) is 1.32. The smallest absolute Gasteiger partial charge is 0.322 e. The van der Waals surface area contributed by atoms with Crippen LogP contribution < -0.4 is 0 Å². The first kappa shape index (κ1) is 24.1. The first-order valence-corrected chi connectivity index (χ1v) is 12.7. The van der Waals surface area contributed by atoms with Crippen molar-refractivity contribution >= 4 is 27.3 Å². The van der Waals surface area contributed by atoms with Gasteiger partial charge in [0.2, 0.25) is 15.8 Å². The van der Waals surface area contributed by atoms with Crippen molar-refractivity contribution in [1.29, 1.82) is 0 Å². The largest absolute Gasteiger partial charge is 0.480 e. The van der Waals surface area contributed by atoms with E-state index in [-0.39, 0.29) is 23.2 Å². The van der Waals surface area contributed by atoms with Crippen LogP contribution in [-0.2, 0) is 14.8 Å². The number of aryl methyl sites for hydroxylation is 1. The summed E-state index contributed by atoms with van der Waals surface area (Å²) in [5.41, 5.74) is 0.578. The third-order valence-electron chi connectivity index (χ3n) is 5.02. The zero-order valence-corrected chi connectivity index (χ0v) is 20.1. The van der Waals surface area contributed by atoms with Crippen LogP contribution in [0.3, 0.4) is 0 Å². The molecule has 0 saturated carbocycles. The van der Waals surface area contributed by atoms with Crippen molar-refractivity contribution in [3.05, 3.63) is 41.3 Å². The lowest BCUT2D eigenvalue weighted by Crippen LogP contribution is -2.48. The molecule has 172 valence electrons. The summed E-state index contributed by atoms with van der Waals surface area (Å²) in [6.45, 7) is 7.48. The SMILES string of the molecule is CCCCN([C@@H](C(=O)O)C(C)C)S(=O)(=O)c1ccc(-c2nc(-c3ccc(C)s3)no2)cc1. The molecular formula is C22H27N3O5S2. The molecule has 0 aliphatic rings. The molecule has 0 amide bonds. The Bertz CT molecular complexity index is 1170. The Kier molecular flexibility index (Phi) is 7.47. The molecule has 3 rings (SSSR count). The van der Waals surface area contributed by atoms with Gasteiger partial charge in [-0.2, -0.15) is 9.29 Å². The van der Waals surface area contributed by atoms with E-state index in [1.807, 2.05) is 26.0 Å².